The van der Waals surface area contributed by atoms with E-state index in [-0.39, 0.29) is 5.56 Å². The summed E-state index contributed by atoms with van der Waals surface area (Å²) >= 11 is 0. The lowest BCUT2D eigenvalue weighted by atomic mass is 10.2. The van der Waals surface area contributed by atoms with Gasteiger partial charge >= 0.3 is 0 Å². The SMILES string of the molecule is CCNc1nc(C)cc(Nc2ccc(NC(=O)c3ccc(F)cc3F)cc2)n1. The molecule has 0 atom stereocenters. The molecular formula is C20H19F2N5O. The Morgan fingerprint density at radius 3 is 2.39 bits per heavy atom. The molecule has 6 nitrogen and oxygen atoms in total. The first-order valence-electron chi connectivity index (χ1n) is 8.67. The monoisotopic (exact) mass is 383 g/mol. The van der Waals surface area contributed by atoms with Crippen molar-refractivity contribution in [3.05, 3.63) is 71.4 Å². The summed E-state index contributed by atoms with van der Waals surface area (Å²) in [5, 5.41) is 8.81. The van der Waals surface area contributed by atoms with Gasteiger partial charge in [0.05, 0.1) is 5.56 Å². The molecule has 28 heavy (non-hydrogen) atoms. The van der Waals surface area contributed by atoms with Crippen LogP contribution in [0.2, 0.25) is 0 Å². The second-order valence-electron chi connectivity index (χ2n) is 6.03. The minimum atomic E-state index is -0.911. The molecular weight excluding hydrogens is 364 g/mol. The van der Waals surface area contributed by atoms with Gasteiger partial charge in [-0.1, -0.05) is 0 Å². The van der Waals surface area contributed by atoms with Crippen LogP contribution in [0.4, 0.5) is 31.9 Å². The molecule has 3 N–H and O–H groups in total. The zero-order valence-electron chi connectivity index (χ0n) is 15.4. The molecule has 8 heteroatoms. The molecule has 2 aromatic carbocycles. The van der Waals surface area contributed by atoms with Gasteiger partial charge in [0.15, 0.2) is 0 Å². The summed E-state index contributed by atoms with van der Waals surface area (Å²) < 4.78 is 26.7. The van der Waals surface area contributed by atoms with Crippen LogP contribution in [0.3, 0.4) is 0 Å². The molecule has 0 unspecified atom stereocenters. The van der Waals surface area contributed by atoms with E-state index in [0.717, 1.165) is 23.5 Å². The summed E-state index contributed by atoms with van der Waals surface area (Å²) in [4.78, 5) is 20.8. The van der Waals surface area contributed by atoms with Crippen LogP contribution in [-0.2, 0) is 0 Å². The quantitative estimate of drug-likeness (QED) is 0.584. The number of hydrogen-bond donors (Lipinski definition) is 3. The van der Waals surface area contributed by atoms with E-state index in [1.54, 1.807) is 24.3 Å². The second kappa shape index (κ2) is 8.43. The van der Waals surface area contributed by atoms with Gasteiger partial charge in [0.1, 0.15) is 17.5 Å². The van der Waals surface area contributed by atoms with Crippen molar-refractivity contribution < 1.29 is 13.6 Å². The summed E-state index contributed by atoms with van der Waals surface area (Å²) in [6.45, 7) is 4.55. The summed E-state index contributed by atoms with van der Waals surface area (Å²) in [7, 11) is 0. The molecule has 1 heterocycles. The molecule has 1 amide bonds. The molecule has 0 radical (unpaired) electrons. The van der Waals surface area contributed by atoms with E-state index < -0.39 is 17.5 Å². The normalized spacial score (nSPS) is 10.4. The predicted octanol–water partition coefficient (Wildman–Crippen LogP) is 4.49. The maximum atomic E-state index is 13.7. The number of carbonyl (C=O) groups excluding carboxylic acids is 1. The van der Waals surface area contributed by atoms with Gasteiger partial charge < -0.3 is 16.0 Å². The summed E-state index contributed by atoms with van der Waals surface area (Å²) in [5.74, 6) is -1.13. The molecule has 0 saturated carbocycles. The number of amides is 1. The first-order chi connectivity index (χ1) is 13.4. The Labute approximate surface area is 161 Å². The van der Waals surface area contributed by atoms with Crippen molar-refractivity contribution in [3.8, 4) is 0 Å². The van der Waals surface area contributed by atoms with Gasteiger partial charge in [0.25, 0.3) is 5.91 Å². The average Bonchev–Trinajstić information content (AvgIpc) is 2.63. The number of halogens is 2. The van der Waals surface area contributed by atoms with Crippen LogP contribution >= 0.6 is 0 Å². The lowest BCUT2D eigenvalue weighted by Gasteiger charge is -2.10. The number of aryl methyl sites for hydroxylation is 1. The van der Waals surface area contributed by atoms with Crippen molar-refractivity contribution in [2.45, 2.75) is 13.8 Å². The Kier molecular flexibility index (Phi) is 5.78. The zero-order valence-corrected chi connectivity index (χ0v) is 15.4. The average molecular weight is 383 g/mol. The van der Waals surface area contributed by atoms with Crippen LogP contribution in [0.1, 0.15) is 23.0 Å². The molecule has 0 saturated heterocycles. The van der Waals surface area contributed by atoms with E-state index in [0.29, 0.717) is 30.1 Å². The maximum absolute atomic E-state index is 13.7. The van der Waals surface area contributed by atoms with Gasteiger partial charge in [0.2, 0.25) is 5.95 Å². The van der Waals surface area contributed by atoms with Crippen LogP contribution in [0.25, 0.3) is 0 Å². The topological polar surface area (TPSA) is 78.9 Å². The molecule has 0 aliphatic carbocycles. The molecule has 144 valence electrons. The van der Waals surface area contributed by atoms with Crippen LogP contribution in [-0.4, -0.2) is 22.4 Å². The zero-order chi connectivity index (χ0) is 20.1. The van der Waals surface area contributed by atoms with Crippen LogP contribution in [0.15, 0.2) is 48.5 Å². The lowest BCUT2D eigenvalue weighted by molar-refractivity contribution is 0.102. The molecule has 0 aliphatic heterocycles. The van der Waals surface area contributed by atoms with Crippen LogP contribution in [0, 0.1) is 18.6 Å². The molecule has 0 aliphatic rings. The summed E-state index contributed by atoms with van der Waals surface area (Å²) in [5.41, 5.74) is 1.83. The fourth-order valence-corrected chi connectivity index (χ4v) is 2.53. The molecule has 1 aromatic heterocycles. The third kappa shape index (κ3) is 4.79. The minimum absolute atomic E-state index is 0.226. The van der Waals surface area contributed by atoms with E-state index in [9.17, 15) is 13.6 Å². The molecule has 3 aromatic rings. The molecule has 0 spiro atoms. The lowest BCUT2D eigenvalue weighted by Crippen LogP contribution is -2.13. The minimum Gasteiger partial charge on any atom is -0.354 e. The number of nitrogens with one attached hydrogen (secondary N) is 3. The predicted molar refractivity (Wildman–Crippen MR) is 105 cm³/mol. The van der Waals surface area contributed by atoms with Crippen molar-refractivity contribution in [1.29, 1.82) is 0 Å². The highest BCUT2D eigenvalue weighted by Gasteiger charge is 2.12. The largest absolute Gasteiger partial charge is 0.354 e. The van der Waals surface area contributed by atoms with Gasteiger partial charge in [0, 0.05) is 35.7 Å². The number of anilines is 4. The van der Waals surface area contributed by atoms with Crippen molar-refractivity contribution in [1.82, 2.24) is 9.97 Å². The number of aromatic nitrogens is 2. The van der Waals surface area contributed by atoms with E-state index in [4.69, 9.17) is 0 Å². The van der Waals surface area contributed by atoms with Crippen LogP contribution in [0.5, 0.6) is 0 Å². The first-order valence-corrected chi connectivity index (χ1v) is 8.67. The third-order valence-corrected chi connectivity index (χ3v) is 3.78. The van der Waals surface area contributed by atoms with Crippen molar-refractivity contribution >= 4 is 29.0 Å². The summed E-state index contributed by atoms with van der Waals surface area (Å²) in [6.07, 6.45) is 0. The smallest absolute Gasteiger partial charge is 0.258 e. The van der Waals surface area contributed by atoms with Gasteiger partial charge in [-0.15, -0.1) is 0 Å². The number of hydrogen-bond acceptors (Lipinski definition) is 5. The highest BCUT2D eigenvalue weighted by molar-refractivity contribution is 6.04. The van der Waals surface area contributed by atoms with Gasteiger partial charge in [-0.2, -0.15) is 4.98 Å². The van der Waals surface area contributed by atoms with Crippen molar-refractivity contribution in [2.75, 3.05) is 22.5 Å². The van der Waals surface area contributed by atoms with Gasteiger partial charge in [-0.3, -0.25) is 4.79 Å². The maximum Gasteiger partial charge on any atom is 0.258 e. The Bertz CT molecular complexity index is 992. The fourth-order valence-electron chi connectivity index (χ4n) is 2.53. The van der Waals surface area contributed by atoms with E-state index in [1.165, 1.54) is 0 Å². The number of rotatable bonds is 6. The van der Waals surface area contributed by atoms with Gasteiger partial charge in [-0.25, -0.2) is 13.8 Å². The number of nitrogens with zero attached hydrogens (tertiary/aromatic N) is 2. The standard InChI is InChI=1S/C20H19F2N5O/c1-3-23-20-24-12(2)10-18(27-20)25-14-5-7-15(8-6-14)26-19(28)16-9-4-13(21)11-17(16)22/h4-11H,3H2,1-2H3,(H,26,28)(H2,23,24,25,27). The number of carbonyl (C=O) groups is 1. The highest BCUT2D eigenvalue weighted by atomic mass is 19.1. The molecule has 3 rings (SSSR count). The fraction of sp³-hybridized carbons (Fsp3) is 0.150. The van der Waals surface area contributed by atoms with Crippen molar-refractivity contribution in [3.63, 3.8) is 0 Å². The summed E-state index contributed by atoms with van der Waals surface area (Å²) in [6, 6.07) is 11.5. The van der Waals surface area contributed by atoms with Crippen molar-refractivity contribution in [2.24, 2.45) is 0 Å². The van der Waals surface area contributed by atoms with E-state index >= 15 is 0 Å². The molecule has 0 bridgehead atoms. The van der Waals surface area contributed by atoms with E-state index in [1.807, 2.05) is 19.9 Å². The Morgan fingerprint density at radius 1 is 1.00 bits per heavy atom. The Morgan fingerprint density at radius 2 is 1.71 bits per heavy atom. The van der Waals surface area contributed by atoms with Gasteiger partial charge in [-0.05, 0) is 50.2 Å². The number of benzene rings is 2. The Hall–Kier alpha value is -3.55. The third-order valence-electron chi connectivity index (χ3n) is 3.78. The highest BCUT2D eigenvalue weighted by Crippen LogP contribution is 2.20. The molecule has 0 fully saturated rings. The van der Waals surface area contributed by atoms with E-state index in [2.05, 4.69) is 25.9 Å². The van der Waals surface area contributed by atoms with Crippen LogP contribution < -0.4 is 16.0 Å². The first kappa shape index (κ1) is 19.2. The Balaban J connectivity index is 1.69. The second-order valence-corrected chi connectivity index (χ2v) is 6.03.